The van der Waals surface area contributed by atoms with E-state index < -0.39 is 0 Å². The first-order valence-corrected chi connectivity index (χ1v) is 4.44. The van der Waals surface area contributed by atoms with Gasteiger partial charge in [-0.05, 0) is 17.7 Å². The lowest BCUT2D eigenvalue weighted by Gasteiger charge is -2.10. The van der Waals surface area contributed by atoms with Crippen molar-refractivity contribution >= 4 is 0 Å². The van der Waals surface area contributed by atoms with E-state index in [1.54, 1.807) is 0 Å². The van der Waals surface area contributed by atoms with Gasteiger partial charge in [-0.1, -0.05) is 0 Å². The van der Waals surface area contributed by atoms with Gasteiger partial charge in [0.2, 0.25) is 5.75 Å². The highest BCUT2D eigenvalue weighted by molar-refractivity contribution is 5.53. The van der Waals surface area contributed by atoms with Crippen LogP contribution in [-0.2, 0) is 0 Å². The summed E-state index contributed by atoms with van der Waals surface area (Å²) in [4.78, 5) is 0. The molecule has 2 rings (SSSR count). The molecular formula is C10H13NO3. The normalized spacial score (nSPS) is 19.1. The molecule has 0 unspecified atom stereocenters. The summed E-state index contributed by atoms with van der Waals surface area (Å²) in [7, 11) is 3.05. The molecule has 14 heavy (non-hydrogen) atoms. The Morgan fingerprint density at radius 2 is 1.79 bits per heavy atom. The molecule has 1 aromatic carbocycles. The van der Waals surface area contributed by atoms with Crippen LogP contribution in [0.25, 0.3) is 0 Å². The molecule has 1 fully saturated rings. The molecule has 0 bridgehead atoms. The first kappa shape index (κ1) is 9.15. The standard InChI is InChI=1S/C10H13NO3/c1-13-8-3-6(7-5-11-7)4-9(14-2)10(8)12/h3-4,7,11-12H,5H2,1-2H3/t7-/m1/s1. The summed E-state index contributed by atoms with van der Waals surface area (Å²) in [5, 5.41) is 12.8. The molecule has 1 heterocycles. The van der Waals surface area contributed by atoms with Crippen LogP contribution in [0.3, 0.4) is 0 Å². The van der Waals surface area contributed by atoms with Crippen LogP contribution in [0.5, 0.6) is 17.2 Å². The van der Waals surface area contributed by atoms with E-state index >= 15 is 0 Å². The maximum atomic E-state index is 9.65. The molecule has 1 aliphatic rings. The van der Waals surface area contributed by atoms with E-state index in [0.717, 1.165) is 12.1 Å². The number of hydrogen-bond acceptors (Lipinski definition) is 4. The van der Waals surface area contributed by atoms with Gasteiger partial charge in [0.05, 0.1) is 14.2 Å². The second kappa shape index (κ2) is 3.38. The zero-order valence-electron chi connectivity index (χ0n) is 8.20. The summed E-state index contributed by atoms with van der Waals surface area (Å²) in [5.41, 5.74) is 1.08. The quantitative estimate of drug-likeness (QED) is 0.708. The fourth-order valence-electron chi connectivity index (χ4n) is 1.41. The maximum Gasteiger partial charge on any atom is 0.200 e. The van der Waals surface area contributed by atoms with Gasteiger partial charge in [0.25, 0.3) is 0 Å². The molecule has 76 valence electrons. The zero-order chi connectivity index (χ0) is 10.1. The van der Waals surface area contributed by atoms with E-state index in [0.29, 0.717) is 17.5 Å². The predicted molar refractivity (Wildman–Crippen MR) is 52.0 cm³/mol. The van der Waals surface area contributed by atoms with Crippen molar-refractivity contribution in [3.8, 4) is 17.2 Å². The molecule has 2 N–H and O–H groups in total. The monoisotopic (exact) mass is 195 g/mol. The van der Waals surface area contributed by atoms with Gasteiger partial charge in [0.15, 0.2) is 11.5 Å². The van der Waals surface area contributed by atoms with E-state index in [1.807, 2.05) is 12.1 Å². The van der Waals surface area contributed by atoms with Gasteiger partial charge in [-0.15, -0.1) is 0 Å². The Kier molecular flexibility index (Phi) is 2.21. The number of hydrogen-bond donors (Lipinski definition) is 2. The van der Waals surface area contributed by atoms with E-state index in [-0.39, 0.29) is 5.75 Å². The number of aromatic hydroxyl groups is 1. The number of nitrogens with one attached hydrogen (secondary N) is 1. The van der Waals surface area contributed by atoms with Crippen molar-refractivity contribution in [3.63, 3.8) is 0 Å². The van der Waals surface area contributed by atoms with Gasteiger partial charge in [0.1, 0.15) is 0 Å². The molecule has 4 nitrogen and oxygen atoms in total. The number of benzene rings is 1. The minimum atomic E-state index is 0.0550. The molecule has 0 radical (unpaired) electrons. The third-order valence-corrected chi connectivity index (χ3v) is 2.31. The summed E-state index contributed by atoms with van der Waals surface area (Å²) in [6.45, 7) is 0.969. The van der Waals surface area contributed by atoms with Crippen LogP contribution in [0.1, 0.15) is 11.6 Å². The highest BCUT2D eigenvalue weighted by atomic mass is 16.5. The molecule has 0 aliphatic carbocycles. The first-order chi connectivity index (χ1) is 6.76. The molecular weight excluding hydrogens is 182 g/mol. The first-order valence-electron chi connectivity index (χ1n) is 4.44. The van der Waals surface area contributed by atoms with Gasteiger partial charge in [-0.25, -0.2) is 0 Å². The summed E-state index contributed by atoms with van der Waals surface area (Å²) in [5.74, 6) is 0.959. The van der Waals surface area contributed by atoms with Gasteiger partial charge in [-0.2, -0.15) is 0 Å². The van der Waals surface area contributed by atoms with E-state index in [2.05, 4.69) is 5.32 Å². The van der Waals surface area contributed by atoms with Crippen LogP contribution in [0.15, 0.2) is 12.1 Å². The lowest BCUT2D eigenvalue weighted by atomic mass is 10.1. The Labute approximate surface area is 82.5 Å². The smallest absolute Gasteiger partial charge is 0.200 e. The molecule has 0 spiro atoms. The van der Waals surface area contributed by atoms with Crippen LogP contribution >= 0.6 is 0 Å². The van der Waals surface area contributed by atoms with Gasteiger partial charge < -0.3 is 19.9 Å². The zero-order valence-corrected chi connectivity index (χ0v) is 8.20. The number of phenols is 1. The predicted octanol–water partition coefficient (Wildman–Crippen LogP) is 1.05. The van der Waals surface area contributed by atoms with Crippen molar-refractivity contribution in [2.45, 2.75) is 6.04 Å². The Bertz CT molecular complexity index is 322. The molecule has 1 aromatic rings. The van der Waals surface area contributed by atoms with Crippen molar-refractivity contribution < 1.29 is 14.6 Å². The Balaban J connectivity index is 2.43. The van der Waals surface area contributed by atoms with E-state index in [9.17, 15) is 5.11 Å². The lowest BCUT2D eigenvalue weighted by Crippen LogP contribution is -1.92. The summed E-state index contributed by atoms with van der Waals surface area (Å²) < 4.78 is 10.1. The third-order valence-electron chi connectivity index (χ3n) is 2.31. The molecule has 1 atom stereocenters. The minimum Gasteiger partial charge on any atom is -0.502 e. The van der Waals surface area contributed by atoms with Gasteiger partial charge in [-0.3, -0.25) is 0 Å². The molecule has 0 amide bonds. The van der Waals surface area contributed by atoms with E-state index in [1.165, 1.54) is 14.2 Å². The van der Waals surface area contributed by atoms with Crippen molar-refractivity contribution in [1.29, 1.82) is 0 Å². The fraction of sp³-hybridized carbons (Fsp3) is 0.400. The molecule has 1 saturated heterocycles. The summed E-state index contributed by atoms with van der Waals surface area (Å²) >= 11 is 0. The van der Waals surface area contributed by atoms with Crippen molar-refractivity contribution in [2.75, 3.05) is 20.8 Å². The van der Waals surface area contributed by atoms with E-state index in [4.69, 9.17) is 9.47 Å². The number of rotatable bonds is 3. The van der Waals surface area contributed by atoms with Crippen molar-refractivity contribution in [2.24, 2.45) is 0 Å². The molecule has 4 heteroatoms. The van der Waals surface area contributed by atoms with Crippen LogP contribution < -0.4 is 14.8 Å². The topological polar surface area (TPSA) is 60.6 Å². The Hall–Kier alpha value is -1.42. The van der Waals surface area contributed by atoms with Gasteiger partial charge >= 0.3 is 0 Å². The van der Waals surface area contributed by atoms with Crippen LogP contribution in [0.2, 0.25) is 0 Å². The second-order valence-electron chi connectivity index (χ2n) is 3.23. The third kappa shape index (κ3) is 1.48. The van der Waals surface area contributed by atoms with Crippen LogP contribution in [-0.4, -0.2) is 25.9 Å². The number of phenolic OH excluding ortho intramolecular Hbond substituents is 1. The van der Waals surface area contributed by atoms with Crippen molar-refractivity contribution in [1.82, 2.24) is 5.32 Å². The Morgan fingerprint density at radius 1 is 1.29 bits per heavy atom. The fourth-order valence-corrected chi connectivity index (χ4v) is 1.41. The average Bonchev–Trinajstić information content (AvgIpc) is 3.02. The largest absolute Gasteiger partial charge is 0.502 e. The van der Waals surface area contributed by atoms with Gasteiger partial charge in [0, 0.05) is 12.6 Å². The Morgan fingerprint density at radius 3 is 2.14 bits per heavy atom. The molecule has 0 aromatic heterocycles. The number of methoxy groups -OCH3 is 2. The highest BCUT2D eigenvalue weighted by Gasteiger charge is 2.25. The second-order valence-corrected chi connectivity index (χ2v) is 3.23. The van der Waals surface area contributed by atoms with Crippen molar-refractivity contribution in [3.05, 3.63) is 17.7 Å². The van der Waals surface area contributed by atoms with Crippen LogP contribution in [0, 0.1) is 0 Å². The lowest BCUT2D eigenvalue weighted by molar-refractivity contribution is 0.339. The minimum absolute atomic E-state index is 0.0550. The van der Waals surface area contributed by atoms with Crippen LogP contribution in [0.4, 0.5) is 0 Å². The highest BCUT2D eigenvalue weighted by Crippen LogP contribution is 2.39. The summed E-state index contributed by atoms with van der Waals surface area (Å²) in [6, 6.07) is 4.02. The maximum absolute atomic E-state index is 9.65. The number of ether oxygens (including phenoxy) is 2. The molecule has 0 saturated carbocycles. The summed E-state index contributed by atoms with van der Waals surface area (Å²) in [6.07, 6.45) is 0. The SMILES string of the molecule is COc1cc([C@H]2CN2)cc(OC)c1O. The average molecular weight is 195 g/mol. The molecule has 1 aliphatic heterocycles.